The fourth-order valence-electron chi connectivity index (χ4n) is 2.74. The number of hydrogen-bond acceptors (Lipinski definition) is 3. The molecule has 0 aromatic rings. The zero-order valence-corrected chi connectivity index (χ0v) is 13.1. The molecule has 6 heteroatoms. The molecule has 1 fully saturated rings. The first-order valence-corrected chi connectivity index (χ1v) is 7.92. The van der Waals surface area contributed by atoms with E-state index in [1.54, 1.807) is 6.92 Å². The average molecular weight is 300 g/mol. The third-order valence-electron chi connectivity index (χ3n) is 3.89. The van der Waals surface area contributed by atoms with Gasteiger partial charge in [-0.3, -0.25) is 4.79 Å². The van der Waals surface area contributed by atoms with Crippen LogP contribution in [-0.4, -0.2) is 53.8 Å². The third kappa shape index (κ3) is 6.80. The molecule has 2 amide bonds. The molecule has 0 spiro atoms. The maximum absolute atomic E-state index is 12.0. The number of aliphatic carboxylic acids is 1. The monoisotopic (exact) mass is 300 g/mol. The molecule has 1 atom stereocenters. The van der Waals surface area contributed by atoms with Crippen LogP contribution in [0.5, 0.6) is 0 Å². The standard InChI is InChI=1S/C15H28N2O4/c1-3-17(12(2)11-14(18)19)15(20)16-9-10-21-13-7-5-4-6-8-13/h12-13H,3-11H2,1-2H3,(H,16,20)(H,18,19). The lowest BCUT2D eigenvalue weighted by Gasteiger charge is -2.27. The molecule has 122 valence electrons. The molecule has 0 heterocycles. The Morgan fingerprint density at radius 3 is 2.57 bits per heavy atom. The van der Waals surface area contributed by atoms with Gasteiger partial charge in [-0.15, -0.1) is 0 Å². The molecule has 21 heavy (non-hydrogen) atoms. The molecule has 1 rings (SSSR count). The highest BCUT2D eigenvalue weighted by Crippen LogP contribution is 2.19. The van der Waals surface area contributed by atoms with E-state index in [1.165, 1.54) is 24.2 Å². The number of carbonyl (C=O) groups is 2. The SMILES string of the molecule is CCN(C(=O)NCCOC1CCCCC1)C(C)CC(=O)O. The first-order valence-electron chi connectivity index (χ1n) is 7.92. The number of rotatable bonds is 8. The molecule has 2 N–H and O–H groups in total. The van der Waals surface area contributed by atoms with Crippen LogP contribution in [0.3, 0.4) is 0 Å². The van der Waals surface area contributed by atoms with Crippen molar-refractivity contribution in [3.05, 3.63) is 0 Å². The number of hydrogen-bond donors (Lipinski definition) is 2. The van der Waals surface area contributed by atoms with Crippen molar-refractivity contribution >= 4 is 12.0 Å². The van der Waals surface area contributed by atoms with Gasteiger partial charge in [-0.05, 0) is 26.7 Å². The van der Waals surface area contributed by atoms with Crippen molar-refractivity contribution in [2.75, 3.05) is 19.7 Å². The van der Waals surface area contributed by atoms with Crippen molar-refractivity contribution in [3.63, 3.8) is 0 Å². The van der Waals surface area contributed by atoms with Crippen molar-refractivity contribution < 1.29 is 19.4 Å². The number of amides is 2. The summed E-state index contributed by atoms with van der Waals surface area (Å²) in [5.74, 6) is -0.894. The topological polar surface area (TPSA) is 78.9 Å². The second-order valence-corrected chi connectivity index (χ2v) is 5.60. The molecule has 0 aliphatic heterocycles. The maximum atomic E-state index is 12.0. The molecular formula is C15H28N2O4. The van der Waals surface area contributed by atoms with Gasteiger partial charge in [-0.1, -0.05) is 19.3 Å². The molecule has 6 nitrogen and oxygen atoms in total. The fraction of sp³-hybridized carbons (Fsp3) is 0.867. The molecule has 1 saturated carbocycles. The smallest absolute Gasteiger partial charge is 0.317 e. The predicted molar refractivity (Wildman–Crippen MR) is 80.3 cm³/mol. The molecule has 1 aliphatic rings. The van der Waals surface area contributed by atoms with Gasteiger partial charge in [0.2, 0.25) is 0 Å². The molecule has 1 unspecified atom stereocenters. The number of carbonyl (C=O) groups excluding carboxylic acids is 1. The van der Waals surface area contributed by atoms with Crippen LogP contribution in [0.15, 0.2) is 0 Å². The minimum absolute atomic E-state index is 0.0418. The summed E-state index contributed by atoms with van der Waals surface area (Å²) in [5, 5.41) is 11.6. The Hall–Kier alpha value is -1.30. The second kappa shape index (κ2) is 9.60. The number of ether oxygens (including phenoxy) is 1. The zero-order valence-electron chi connectivity index (χ0n) is 13.1. The fourth-order valence-corrected chi connectivity index (χ4v) is 2.74. The minimum atomic E-state index is -0.894. The van der Waals surface area contributed by atoms with Gasteiger partial charge in [-0.2, -0.15) is 0 Å². The van der Waals surface area contributed by atoms with E-state index in [4.69, 9.17) is 9.84 Å². The number of carboxylic acids is 1. The minimum Gasteiger partial charge on any atom is -0.481 e. The van der Waals surface area contributed by atoms with E-state index in [0.29, 0.717) is 25.8 Å². The number of carboxylic acid groups (broad SMARTS) is 1. The summed E-state index contributed by atoms with van der Waals surface area (Å²) in [6.07, 6.45) is 6.28. The number of nitrogens with zero attached hydrogens (tertiary/aromatic N) is 1. The first kappa shape index (κ1) is 17.8. The van der Waals surface area contributed by atoms with E-state index < -0.39 is 5.97 Å². The Morgan fingerprint density at radius 2 is 2.00 bits per heavy atom. The summed E-state index contributed by atoms with van der Waals surface area (Å²) in [6.45, 7) is 5.06. The Morgan fingerprint density at radius 1 is 1.33 bits per heavy atom. The van der Waals surface area contributed by atoms with Gasteiger partial charge >= 0.3 is 12.0 Å². The van der Waals surface area contributed by atoms with Crippen molar-refractivity contribution in [1.29, 1.82) is 0 Å². The summed E-state index contributed by atoms with van der Waals surface area (Å²) in [7, 11) is 0. The van der Waals surface area contributed by atoms with Crippen LogP contribution in [0, 0.1) is 0 Å². The lowest BCUT2D eigenvalue weighted by molar-refractivity contribution is -0.138. The zero-order chi connectivity index (χ0) is 15.7. The van der Waals surface area contributed by atoms with Crippen LogP contribution >= 0.6 is 0 Å². The maximum Gasteiger partial charge on any atom is 0.317 e. The van der Waals surface area contributed by atoms with E-state index in [0.717, 1.165) is 12.8 Å². The van der Waals surface area contributed by atoms with E-state index in [9.17, 15) is 9.59 Å². The molecule has 0 aromatic carbocycles. The lowest BCUT2D eigenvalue weighted by atomic mass is 9.98. The second-order valence-electron chi connectivity index (χ2n) is 5.60. The van der Waals surface area contributed by atoms with Crippen LogP contribution in [0.4, 0.5) is 4.79 Å². The van der Waals surface area contributed by atoms with E-state index >= 15 is 0 Å². The molecule has 0 saturated heterocycles. The average Bonchev–Trinajstić information content (AvgIpc) is 2.44. The van der Waals surface area contributed by atoms with Crippen molar-refractivity contribution in [1.82, 2.24) is 10.2 Å². The normalized spacial score (nSPS) is 17.2. The molecule has 0 aromatic heterocycles. The van der Waals surface area contributed by atoms with E-state index in [2.05, 4.69) is 5.32 Å². The lowest BCUT2D eigenvalue weighted by Crippen LogP contribution is -2.46. The van der Waals surface area contributed by atoms with Gasteiger partial charge in [-0.25, -0.2) is 4.79 Å². The van der Waals surface area contributed by atoms with Crippen LogP contribution < -0.4 is 5.32 Å². The quantitative estimate of drug-likeness (QED) is 0.674. The predicted octanol–water partition coefficient (Wildman–Crippen LogP) is 2.23. The van der Waals surface area contributed by atoms with Gasteiger partial charge < -0.3 is 20.1 Å². The van der Waals surface area contributed by atoms with Crippen LogP contribution in [0.2, 0.25) is 0 Å². The number of urea groups is 1. The summed E-state index contributed by atoms with van der Waals surface area (Å²) >= 11 is 0. The molecule has 0 bridgehead atoms. The summed E-state index contributed by atoms with van der Waals surface area (Å²) < 4.78 is 5.74. The highest BCUT2D eigenvalue weighted by Gasteiger charge is 2.20. The Labute approximate surface area is 126 Å². The highest BCUT2D eigenvalue weighted by atomic mass is 16.5. The Balaban J connectivity index is 2.22. The van der Waals surface area contributed by atoms with Gasteiger partial charge in [0.1, 0.15) is 0 Å². The van der Waals surface area contributed by atoms with Crippen molar-refractivity contribution in [2.45, 2.75) is 64.5 Å². The summed E-state index contributed by atoms with van der Waals surface area (Å²) in [6, 6.07) is -0.537. The van der Waals surface area contributed by atoms with Crippen LogP contribution in [0.1, 0.15) is 52.4 Å². The van der Waals surface area contributed by atoms with Gasteiger partial charge in [0.15, 0.2) is 0 Å². The molecule has 0 radical (unpaired) electrons. The third-order valence-corrected chi connectivity index (χ3v) is 3.89. The van der Waals surface area contributed by atoms with Gasteiger partial charge in [0, 0.05) is 19.1 Å². The van der Waals surface area contributed by atoms with Crippen molar-refractivity contribution in [2.24, 2.45) is 0 Å². The molecule has 1 aliphatic carbocycles. The van der Waals surface area contributed by atoms with Crippen LogP contribution in [0.25, 0.3) is 0 Å². The molecular weight excluding hydrogens is 272 g/mol. The Bertz CT molecular complexity index is 330. The van der Waals surface area contributed by atoms with E-state index in [1.807, 2.05) is 6.92 Å². The first-order chi connectivity index (χ1) is 10.0. The number of nitrogens with one attached hydrogen (secondary N) is 1. The van der Waals surface area contributed by atoms with E-state index in [-0.39, 0.29) is 18.5 Å². The van der Waals surface area contributed by atoms with Gasteiger partial charge in [0.25, 0.3) is 0 Å². The largest absolute Gasteiger partial charge is 0.481 e. The highest BCUT2D eigenvalue weighted by molar-refractivity contribution is 5.75. The Kier molecular flexibility index (Phi) is 8.12. The van der Waals surface area contributed by atoms with Crippen LogP contribution in [-0.2, 0) is 9.53 Å². The van der Waals surface area contributed by atoms with Crippen molar-refractivity contribution in [3.8, 4) is 0 Å². The summed E-state index contributed by atoms with van der Waals surface area (Å²) in [4.78, 5) is 24.3. The summed E-state index contributed by atoms with van der Waals surface area (Å²) in [5.41, 5.74) is 0. The van der Waals surface area contributed by atoms with Gasteiger partial charge in [0.05, 0.1) is 19.1 Å².